The van der Waals surface area contributed by atoms with Gasteiger partial charge in [0, 0.05) is 76.9 Å². The Hall–Kier alpha value is -7.60. The van der Waals surface area contributed by atoms with Crippen LogP contribution in [0.2, 0.25) is 0 Å². The summed E-state index contributed by atoms with van der Waals surface area (Å²) < 4.78 is 41.2. The lowest BCUT2D eigenvalue weighted by Gasteiger charge is -2.42. The van der Waals surface area contributed by atoms with Crippen molar-refractivity contribution in [3.8, 4) is 33.5 Å². The number of carbonyl (C=O) groups excluding carboxylic acids is 5. The van der Waals surface area contributed by atoms with Crippen LogP contribution in [0.4, 0.5) is 15.0 Å². The summed E-state index contributed by atoms with van der Waals surface area (Å²) in [7, 11) is 1.54. The number of rotatable bonds is 21. The first-order valence-corrected chi connectivity index (χ1v) is 31.9. The molecule has 4 fully saturated rings. The number of thiazole rings is 1. The normalized spacial score (nSPS) is 20.2. The zero-order chi connectivity index (χ0) is 63.5. The zero-order valence-corrected chi connectivity index (χ0v) is 53.5. The predicted molar refractivity (Wildman–Crippen MR) is 338 cm³/mol. The van der Waals surface area contributed by atoms with E-state index in [2.05, 4.69) is 37.7 Å². The number of anilines is 1. The minimum absolute atomic E-state index is 0.00452. The lowest BCUT2D eigenvalue weighted by atomic mass is 9.85. The van der Waals surface area contributed by atoms with Gasteiger partial charge in [0.25, 0.3) is 0 Å². The number of fused-ring (bicyclic) bond motifs is 4. The van der Waals surface area contributed by atoms with Crippen molar-refractivity contribution in [2.45, 2.75) is 162 Å². The van der Waals surface area contributed by atoms with Crippen LogP contribution in [0.3, 0.4) is 0 Å². The highest BCUT2D eigenvalue weighted by atomic mass is 32.1. The molecule has 6 aromatic rings. The van der Waals surface area contributed by atoms with E-state index in [4.69, 9.17) is 33.9 Å². The van der Waals surface area contributed by atoms with E-state index in [9.17, 15) is 29.1 Å². The Morgan fingerprint density at radius 1 is 0.899 bits per heavy atom. The van der Waals surface area contributed by atoms with Crippen molar-refractivity contribution < 1.29 is 52.4 Å². The smallest absolute Gasteiger partial charge is 0.410 e. The van der Waals surface area contributed by atoms with Crippen LogP contribution >= 0.6 is 11.3 Å². The minimum Gasteiger partial charge on any atom is -0.468 e. The van der Waals surface area contributed by atoms with Crippen molar-refractivity contribution in [2.24, 2.45) is 5.41 Å². The minimum atomic E-state index is -1.03. The Kier molecular flexibility index (Phi) is 19.7. The van der Waals surface area contributed by atoms with E-state index in [1.807, 2.05) is 114 Å². The summed E-state index contributed by atoms with van der Waals surface area (Å²) in [5, 5.41) is 21.7. The van der Waals surface area contributed by atoms with E-state index in [1.165, 1.54) is 12.0 Å². The number of aliphatic hydroxyl groups excluding tert-OH is 1. The fraction of sp³-hybridized carbons (Fsp3) is 0.530. The number of carbonyl (C=O) groups is 5. The molecule has 7 heterocycles. The molecule has 4 saturated heterocycles. The summed E-state index contributed by atoms with van der Waals surface area (Å²) in [4.78, 5) is 96.1. The molecule has 5 amide bonds. The van der Waals surface area contributed by atoms with Crippen molar-refractivity contribution in [3.63, 3.8) is 0 Å². The van der Waals surface area contributed by atoms with Crippen LogP contribution in [0.25, 0.3) is 43.4 Å². The van der Waals surface area contributed by atoms with Gasteiger partial charge in [0.1, 0.15) is 47.1 Å². The van der Waals surface area contributed by atoms with E-state index in [-0.39, 0.29) is 99.1 Å². The van der Waals surface area contributed by atoms with Gasteiger partial charge in [-0.3, -0.25) is 34.0 Å². The van der Waals surface area contributed by atoms with Gasteiger partial charge in [-0.15, -0.1) is 11.3 Å². The number of halogens is 1. The van der Waals surface area contributed by atoms with Gasteiger partial charge in [-0.05, 0) is 118 Å². The lowest BCUT2D eigenvalue weighted by Crippen LogP contribution is -2.58. The number of likely N-dealkylation sites (tertiary alicyclic amines) is 2. The first-order valence-electron chi connectivity index (χ1n) is 31.0. The number of pyridine rings is 1. The maximum absolute atomic E-state index is 17.7. The summed E-state index contributed by atoms with van der Waals surface area (Å²) in [6, 6.07) is 14.7. The van der Waals surface area contributed by atoms with Gasteiger partial charge in [0.15, 0.2) is 12.6 Å². The number of aryl methyl sites for hydroxylation is 2. The molecule has 23 heteroatoms. The molecule has 21 nitrogen and oxygen atoms in total. The SMILES string of the molecule is CCc1cccc2cc(OCOC)cc(-c3ncc4c(N5C[C@H]6CC[C@@H](C5)N6C(=O)OC(C)(C)C)nc(OC[C@@H]5CCCN5CCC(=O)NCCC(=O)N[C@H](C(=O)N5C[C@H](O)C[C@H]5C(=O)N[C@@H](C)c5ccc(-c6scnc6C)cc5)C(C)(C)C)nc4c3F)c12. The van der Waals surface area contributed by atoms with Crippen LogP contribution in [0, 0.1) is 18.2 Å². The standard InChI is InChI=1S/C66H84FN11O10S/c1-11-40-14-12-15-43-28-48(87-37-85-10)30-49(54(40)43)56-55(67)57-50(31-69-56)60(76-32-44-21-22-45(33-76)78(44)64(84)88-66(7,8)9)74-63(73-57)86-35-46-16-13-26-75(46)27-24-52(80)68-25-23-53(81)72-59(65(4,5)6)62(83)77-34-47(79)29-51(77)61(82)71-38(2)41-17-19-42(20-18-41)58-39(3)70-36-89-58/h12,14-15,17-20,28,30-31,36,38,44-47,51,59,79H,11,13,16,21-27,29,32-35,37H2,1-10H3,(H,68,80)(H,71,82)(H,72,81)/t38-,44-,45+,46-,47+,51-,59+/m0/s1. The number of nitrogens with one attached hydrogen (secondary N) is 3. The van der Waals surface area contributed by atoms with Gasteiger partial charge in [-0.2, -0.15) is 9.97 Å². The molecule has 4 aliphatic rings. The third kappa shape index (κ3) is 14.7. The second-order valence-corrected chi connectivity index (χ2v) is 26.8. The average molecular weight is 1240 g/mol. The number of ether oxygens (including phenoxy) is 4. The van der Waals surface area contributed by atoms with Crippen LogP contribution in [-0.4, -0.2) is 171 Å². The molecule has 0 spiro atoms. The molecular formula is C66H84FN11O10S. The fourth-order valence-corrected chi connectivity index (χ4v) is 13.6. The monoisotopic (exact) mass is 1240 g/mol. The van der Waals surface area contributed by atoms with Crippen LogP contribution < -0.4 is 30.3 Å². The summed E-state index contributed by atoms with van der Waals surface area (Å²) in [6.07, 6.45) is 4.28. The summed E-state index contributed by atoms with van der Waals surface area (Å²) in [5.74, 6) is -1.31. The molecule has 4 aliphatic heterocycles. The molecule has 2 bridgehead atoms. The molecule has 3 aromatic heterocycles. The number of aliphatic hydroxyl groups is 1. The first-order chi connectivity index (χ1) is 42.5. The third-order valence-electron chi connectivity index (χ3n) is 17.3. The highest BCUT2D eigenvalue weighted by Crippen LogP contribution is 2.41. The highest BCUT2D eigenvalue weighted by molar-refractivity contribution is 7.13. The molecule has 4 N–H and O–H groups in total. The Balaban J connectivity index is 0.778. The molecule has 476 valence electrons. The quantitative estimate of drug-likeness (QED) is 0.0493. The van der Waals surface area contributed by atoms with Crippen molar-refractivity contribution in [1.29, 1.82) is 0 Å². The molecule has 7 atom stereocenters. The number of aromatic nitrogens is 4. The Morgan fingerprint density at radius 3 is 2.34 bits per heavy atom. The number of benzene rings is 3. The summed E-state index contributed by atoms with van der Waals surface area (Å²) in [5.41, 5.74) is 4.89. The maximum Gasteiger partial charge on any atom is 0.410 e. The van der Waals surface area contributed by atoms with E-state index in [0.29, 0.717) is 55.1 Å². The second kappa shape index (κ2) is 27.2. The Bertz CT molecular complexity index is 3560. The lowest BCUT2D eigenvalue weighted by molar-refractivity contribution is -0.144. The largest absolute Gasteiger partial charge is 0.468 e. The van der Waals surface area contributed by atoms with E-state index >= 15 is 4.39 Å². The van der Waals surface area contributed by atoms with E-state index < -0.39 is 52.7 Å². The number of β-amino-alcohol motifs (C(OH)–C–C–N with tert-alkyl or cyclic N) is 1. The number of hydrogen-bond donors (Lipinski definition) is 4. The predicted octanol–water partition coefficient (Wildman–Crippen LogP) is 8.66. The van der Waals surface area contributed by atoms with Gasteiger partial charge >= 0.3 is 12.1 Å². The maximum atomic E-state index is 17.7. The van der Waals surface area contributed by atoms with E-state index in [0.717, 1.165) is 63.7 Å². The number of hydrogen-bond acceptors (Lipinski definition) is 17. The molecule has 3 aromatic carbocycles. The molecule has 0 radical (unpaired) electrons. The van der Waals surface area contributed by atoms with Crippen molar-refractivity contribution >= 4 is 68.6 Å². The highest BCUT2D eigenvalue weighted by Gasteiger charge is 2.47. The topological polar surface area (TPSA) is 243 Å². The van der Waals surface area contributed by atoms with Crippen molar-refractivity contribution in [3.05, 3.63) is 88.9 Å². The summed E-state index contributed by atoms with van der Waals surface area (Å²) >= 11 is 1.56. The zero-order valence-electron chi connectivity index (χ0n) is 52.7. The molecule has 0 unspecified atom stereocenters. The van der Waals surface area contributed by atoms with Crippen LogP contribution in [0.15, 0.2) is 66.3 Å². The molecule has 10 rings (SSSR count). The molecule has 89 heavy (non-hydrogen) atoms. The van der Waals surface area contributed by atoms with Gasteiger partial charge in [0.2, 0.25) is 23.6 Å². The van der Waals surface area contributed by atoms with Gasteiger partial charge in [-0.25, -0.2) is 14.2 Å². The Labute approximate surface area is 523 Å². The Morgan fingerprint density at radius 2 is 1.65 bits per heavy atom. The van der Waals surface area contributed by atoms with Crippen molar-refractivity contribution in [1.82, 2.24) is 50.6 Å². The first kappa shape index (κ1) is 64.4. The molecule has 0 saturated carbocycles. The van der Waals surface area contributed by atoms with Crippen LogP contribution in [0.5, 0.6) is 11.8 Å². The third-order valence-corrected chi connectivity index (χ3v) is 18.3. The molecule has 0 aliphatic carbocycles. The summed E-state index contributed by atoms with van der Waals surface area (Å²) in [6.45, 7) is 19.0. The number of piperazine rings is 1. The van der Waals surface area contributed by atoms with Gasteiger partial charge in [-0.1, -0.05) is 70.2 Å². The van der Waals surface area contributed by atoms with Gasteiger partial charge in [0.05, 0.1) is 45.7 Å². The molecular weight excluding hydrogens is 1160 g/mol. The number of amides is 5. The van der Waals surface area contributed by atoms with Crippen molar-refractivity contribution in [2.75, 3.05) is 64.7 Å². The van der Waals surface area contributed by atoms with E-state index in [1.54, 1.807) is 23.6 Å². The second-order valence-electron chi connectivity index (χ2n) is 26.0. The number of methoxy groups -OCH3 is 1. The van der Waals surface area contributed by atoms with Gasteiger partial charge < -0.3 is 49.8 Å². The van der Waals surface area contributed by atoms with Crippen LogP contribution in [-0.2, 0) is 35.1 Å². The van der Waals surface area contributed by atoms with Crippen LogP contribution in [0.1, 0.15) is 123 Å². The number of nitrogens with zero attached hydrogens (tertiary/aromatic N) is 8. The average Bonchev–Trinajstić information content (AvgIpc) is 2.08. The fourth-order valence-electron chi connectivity index (χ4n) is 12.8.